The van der Waals surface area contributed by atoms with Gasteiger partial charge in [0.15, 0.2) is 0 Å². The molecule has 0 amide bonds. The number of nitrogens with one attached hydrogen (secondary N) is 1. The fourth-order valence-corrected chi connectivity index (χ4v) is 1.84. The third-order valence-corrected chi connectivity index (χ3v) is 2.86. The van der Waals surface area contributed by atoms with Gasteiger partial charge < -0.3 is 9.72 Å². The molecular formula is C15H12N2O3. The lowest BCUT2D eigenvalue weighted by molar-refractivity contribution is -0.135. The highest BCUT2D eigenvalue weighted by molar-refractivity contribution is 5.98. The molecule has 1 N–H and O–H groups in total. The van der Waals surface area contributed by atoms with Gasteiger partial charge in [-0.3, -0.25) is 4.79 Å². The van der Waals surface area contributed by atoms with E-state index >= 15 is 0 Å². The van der Waals surface area contributed by atoms with Gasteiger partial charge in [0.25, 0.3) is 5.56 Å². The summed E-state index contributed by atoms with van der Waals surface area (Å²) >= 11 is 0. The Labute approximate surface area is 115 Å². The van der Waals surface area contributed by atoms with Crippen LogP contribution in [0, 0.1) is 18.3 Å². The first-order valence-corrected chi connectivity index (χ1v) is 5.89. The van der Waals surface area contributed by atoms with Gasteiger partial charge in [0.05, 0.1) is 7.11 Å². The van der Waals surface area contributed by atoms with E-state index in [-0.39, 0.29) is 16.7 Å². The number of pyridine rings is 1. The Morgan fingerprint density at radius 3 is 2.80 bits per heavy atom. The van der Waals surface area contributed by atoms with Crippen LogP contribution in [0.5, 0.6) is 0 Å². The van der Waals surface area contributed by atoms with E-state index in [9.17, 15) is 9.59 Å². The summed E-state index contributed by atoms with van der Waals surface area (Å²) in [5.74, 6) is -0.768. The molecule has 5 heteroatoms. The number of hydrogen-bond donors (Lipinski definition) is 1. The largest absolute Gasteiger partial charge is 0.465 e. The van der Waals surface area contributed by atoms with Crippen LogP contribution < -0.4 is 5.56 Å². The Balaban J connectivity index is 2.61. The number of aryl methyl sites for hydroxylation is 1. The minimum absolute atomic E-state index is 0.218. The average Bonchev–Trinajstić information content (AvgIpc) is 2.44. The molecule has 0 saturated heterocycles. The van der Waals surface area contributed by atoms with Crippen LogP contribution >= 0.6 is 0 Å². The Morgan fingerprint density at radius 2 is 2.15 bits per heavy atom. The van der Waals surface area contributed by atoms with Crippen molar-refractivity contribution in [2.45, 2.75) is 6.92 Å². The molecule has 0 aliphatic heterocycles. The molecular weight excluding hydrogens is 256 g/mol. The van der Waals surface area contributed by atoms with Gasteiger partial charge in [-0.05, 0) is 36.1 Å². The van der Waals surface area contributed by atoms with Gasteiger partial charge in [-0.15, -0.1) is 0 Å². The van der Waals surface area contributed by atoms with Crippen molar-refractivity contribution in [3.8, 4) is 6.07 Å². The van der Waals surface area contributed by atoms with Gasteiger partial charge in [0, 0.05) is 11.1 Å². The van der Waals surface area contributed by atoms with Crippen LogP contribution in [0.1, 0.15) is 11.1 Å². The molecule has 1 aromatic heterocycles. The second kappa shape index (κ2) is 5.41. The van der Waals surface area contributed by atoms with Crippen molar-refractivity contribution >= 4 is 22.9 Å². The highest BCUT2D eigenvalue weighted by Crippen LogP contribution is 2.14. The van der Waals surface area contributed by atoms with Crippen molar-refractivity contribution in [2.75, 3.05) is 7.11 Å². The van der Waals surface area contributed by atoms with Gasteiger partial charge in [-0.1, -0.05) is 12.1 Å². The van der Waals surface area contributed by atoms with Crippen LogP contribution in [0.25, 0.3) is 17.0 Å². The molecule has 1 heterocycles. The maximum absolute atomic E-state index is 11.9. The summed E-state index contributed by atoms with van der Waals surface area (Å²) in [5.41, 5.74) is 1.40. The Bertz CT molecular complexity index is 810. The standard InChI is InChI=1S/C15H12N2O3/c1-9-3-4-10-6-11(14(18)17-13(10)5-9)7-12(8-16)15(19)20-2/h3-7H,1-2H3,(H,17,18)/b12-7-. The molecule has 0 bridgehead atoms. The molecule has 0 aliphatic carbocycles. The number of aromatic nitrogens is 1. The van der Waals surface area contributed by atoms with Gasteiger partial charge >= 0.3 is 5.97 Å². The number of esters is 1. The predicted octanol–water partition coefficient (Wildman–Crippen LogP) is 1.92. The maximum atomic E-state index is 11.9. The number of methoxy groups -OCH3 is 1. The minimum Gasteiger partial charge on any atom is -0.465 e. The Morgan fingerprint density at radius 1 is 1.40 bits per heavy atom. The topological polar surface area (TPSA) is 82.9 Å². The number of carbonyl (C=O) groups excluding carboxylic acids is 1. The van der Waals surface area contributed by atoms with Crippen molar-refractivity contribution in [1.29, 1.82) is 5.26 Å². The Hall–Kier alpha value is -2.87. The fraction of sp³-hybridized carbons (Fsp3) is 0.133. The molecule has 1 aromatic carbocycles. The first kappa shape index (κ1) is 13.6. The first-order chi connectivity index (χ1) is 9.55. The summed E-state index contributed by atoms with van der Waals surface area (Å²) in [5, 5.41) is 9.72. The van der Waals surface area contributed by atoms with Crippen LogP contribution in [-0.4, -0.2) is 18.1 Å². The van der Waals surface area contributed by atoms with Crippen LogP contribution in [0.3, 0.4) is 0 Å². The summed E-state index contributed by atoms with van der Waals surface area (Å²) in [7, 11) is 1.18. The van der Waals surface area contributed by atoms with E-state index in [1.807, 2.05) is 25.1 Å². The highest BCUT2D eigenvalue weighted by Gasteiger charge is 2.10. The van der Waals surface area contributed by atoms with E-state index in [0.717, 1.165) is 10.9 Å². The number of rotatable bonds is 2. The Kier molecular flexibility index (Phi) is 3.67. The molecule has 0 spiro atoms. The van der Waals surface area contributed by atoms with E-state index in [0.29, 0.717) is 5.52 Å². The van der Waals surface area contributed by atoms with Gasteiger partial charge in [0.1, 0.15) is 11.6 Å². The SMILES string of the molecule is COC(=O)/C(C#N)=C\c1cc2ccc(C)cc2[nH]c1=O. The molecule has 5 nitrogen and oxygen atoms in total. The molecule has 0 fully saturated rings. The van der Waals surface area contributed by atoms with Crippen LogP contribution in [0.2, 0.25) is 0 Å². The highest BCUT2D eigenvalue weighted by atomic mass is 16.5. The lowest BCUT2D eigenvalue weighted by Gasteiger charge is -2.02. The average molecular weight is 268 g/mol. The maximum Gasteiger partial charge on any atom is 0.348 e. The lowest BCUT2D eigenvalue weighted by Crippen LogP contribution is -2.11. The van der Waals surface area contributed by atoms with Gasteiger partial charge in [-0.2, -0.15) is 5.26 Å². The van der Waals surface area contributed by atoms with Crippen molar-refractivity contribution in [3.05, 3.63) is 51.3 Å². The molecule has 0 aliphatic rings. The second-order valence-corrected chi connectivity index (χ2v) is 4.31. The number of hydrogen-bond acceptors (Lipinski definition) is 4. The molecule has 20 heavy (non-hydrogen) atoms. The molecule has 0 radical (unpaired) electrons. The number of benzene rings is 1. The van der Waals surface area contributed by atoms with Crippen molar-refractivity contribution in [1.82, 2.24) is 4.98 Å². The number of H-pyrrole nitrogens is 1. The second-order valence-electron chi connectivity index (χ2n) is 4.31. The summed E-state index contributed by atoms with van der Waals surface area (Å²) in [4.78, 5) is 26.0. The summed E-state index contributed by atoms with van der Waals surface area (Å²) < 4.78 is 4.48. The normalized spacial score (nSPS) is 11.2. The number of fused-ring (bicyclic) bond motifs is 1. The van der Waals surface area contributed by atoms with Crippen LogP contribution in [0.15, 0.2) is 34.6 Å². The zero-order chi connectivity index (χ0) is 14.7. The molecule has 0 unspecified atom stereocenters. The number of nitriles is 1. The third-order valence-electron chi connectivity index (χ3n) is 2.86. The minimum atomic E-state index is -0.768. The molecule has 0 saturated carbocycles. The molecule has 100 valence electrons. The van der Waals surface area contributed by atoms with E-state index in [2.05, 4.69) is 9.72 Å². The van der Waals surface area contributed by atoms with Gasteiger partial charge in [0.2, 0.25) is 0 Å². The summed E-state index contributed by atoms with van der Waals surface area (Å²) in [6.07, 6.45) is 1.23. The number of ether oxygens (including phenoxy) is 1. The molecule has 2 aromatic rings. The molecule has 2 rings (SSSR count). The number of nitrogens with zero attached hydrogens (tertiary/aromatic N) is 1. The fourth-order valence-electron chi connectivity index (χ4n) is 1.84. The lowest BCUT2D eigenvalue weighted by atomic mass is 10.1. The van der Waals surface area contributed by atoms with Crippen LogP contribution in [-0.2, 0) is 9.53 Å². The molecule has 0 atom stereocenters. The van der Waals surface area contributed by atoms with Crippen molar-refractivity contribution in [2.24, 2.45) is 0 Å². The van der Waals surface area contributed by atoms with Crippen molar-refractivity contribution in [3.63, 3.8) is 0 Å². The first-order valence-electron chi connectivity index (χ1n) is 5.89. The zero-order valence-electron chi connectivity index (χ0n) is 11.1. The van der Waals surface area contributed by atoms with Crippen molar-refractivity contribution < 1.29 is 9.53 Å². The smallest absolute Gasteiger partial charge is 0.348 e. The van der Waals surface area contributed by atoms with E-state index in [1.165, 1.54) is 13.2 Å². The number of aromatic amines is 1. The predicted molar refractivity (Wildman–Crippen MR) is 74.9 cm³/mol. The van der Waals surface area contributed by atoms with E-state index in [4.69, 9.17) is 5.26 Å². The van der Waals surface area contributed by atoms with E-state index in [1.54, 1.807) is 12.1 Å². The number of carbonyl (C=O) groups is 1. The quantitative estimate of drug-likeness (QED) is 0.512. The van der Waals surface area contributed by atoms with Crippen LogP contribution in [0.4, 0.5) is 0 Å². The third kappa shape index (κ3) is 2.59. The summed E-state index contributed by atoms with van der Waals surface area (Å²) in [6, 6.07) is 8.99. The summed E-state index contributed by atoms with van der Waals surface area (Å²) in [6.45, 7) is 1.93. The zero-order valence-corrected chi connectivity index (χ0v) is 11.1. The monoisotopic (exact) mass is 268 g/mol. The van der Waals surface area contributed by atoms with E-state index < -0.39 is 5.97 Å². The van der Waals surface area contributed by atoms with Gasteiger partial charge in [-0.25, -0.2) is 4.79 Å².